The molecular formula is C81H144O17P2. The van der Waals surface area contributed by atoms with E-state index < -0.39 is 97.5 Å². The van der Waals surface area contributed by atoms with Gasteiger partial charge in [-0.2, -0.15) is 0 Å². The lowest BCUT2D eigenvalue weighted by Gasteiger charge is -2.21. The van der Waals surface area contributed by atoms with Crippen molar-refractivity contribution in [1.82, 2.24) is 0 Å². The van der Waals surface area contributed by atoms with Crippen LogP contribution >= 0.6 is 15.6 Å². The van der Waals surface area contributed by atoms with Crippen LogP contribution in [0.5, 0.6) is 0 Å². The third-order valence-electron chi connectivity index (χ3n) is 16.9. The highest BCUT2D eigenvalue weighted by atomic mass is 31.2. The van der Waals surface area contributed by atoms with Crippen LogP contribution in [0, 0.1) is 0 Å². The molecule has 0 aliphatic heterocycles. The zero-order valence-corrected chi connectivity index (χ0v) is 65.2. The van der Waals surface area contributed by atoms with Gasteiger partial charge in [0.2, 0.25) is 0 Å². The first kappa shape index (κ1) is 96.2. The van der Waals surface area contributed by atoms with E-state index in [-0.39, 0.29) is 25.7 Å². The van der Waals surface area contributed by atoms with E-state index in [0.29, 0.717) is 25.7 Å². The molecule has 5 atom stereocenters. The fourth-order valence-electron chi connectivity index (χ4n) is 10.7. The molecule has 0 aliphatic carbocycles. The van der Waals surface area contributed by atoms with E-state index in [0.717, 1.165) is 161 Å². The minimum atomic E-state index is -4.98. The van der Waals surface area contributed by atoms with Gasteiger partial charge in [0, 0.05) is 25.7 Å². The number of carbonyl (C=O) groups is 4. The molecule has 0 bridgehead atoms. The number of ether oxygens (including phenoxy) is 4. The van der Waals surface area contributed by atoms with Gasteiger partial charge in [-0.3, -0.25) is 37.3 Å². The molecule has 0 aromatic carbocycles. The number of esters is 4. The number of aliphatic hydroxyl groups is 1. The van der Waals surface area contributed by atoms with Crippen molar-refractivity contribution in [2.75, 3.05) is 39.6 Å². The Kier molecular flexibility index (Phi) is 70.8. The molecule has 0 saturated heterocycles. The predicted molar refractivity (Wildman–Crippen MR) is 409 cm³/mol. The number of phosphoric acid groups is 2. The second-order valence-electron chi connectivity index (χ2n) is 26.7. The van der Waals surface area contributed by atoms with Crippen LogP contribution in [0.2, 0.25) is 0 Å². The summed E-state index contributed by atoms with van der Waals surface area (Å²) in [6.07, 6.45) is 75.5. The van der Waals surface area contributed by atoms with Gasteiger partial charge in [0.05, 0.1) is 26.4 Å². The van der Waals surface area contributed by atoms with Gasteiger partial charge < -0.3 is 33.8 Å². The lowest BCUT2D eigenvalue weighted by Crippen LogP contribution is -2.30. The van der Waals surface area contributed by atoms with Gasteiger partial charge in [-0.05, 0) is 135 Å². The van der Waals surface area contributed by atoms with Gasteiger partial charge in [-0.1, -0.05) is 273 Å². The van der Waals surface area contributed by atoms with E-state index in [9.17, 15) is 43.2 Å². The van der Waals surface area contributed by atoms with Crippen molar-refractivity contribution in [3.8, 4) is 0 Å². The monoisotopic (exact) mass is 1450 g/mol. The van der Waals surface area contributed by atoms with Crippen LogP contribution in [0.3, 0.4) is 0 Å². The number of unbranched alkanes of at least 4 members (excludes halogenated alkanes) is 37. The van der Waals surface area contributed by atoms with Crippen molar-refractivity contribution >= 4 is 39.5 Å². The molecule has 0 spiro atoms. The van der Waals surface area contributed by atoms with Crippen LogP contribution in [0.1, 0.15) is 349 Å². The minimum Gasteiger partial charge on any atom is -0.462 e. The Morgan fingerprint density at radius 3 is 0.840 bits per heavy atom. The molecule has 0 aromatic rings. The Balaban J connectivity index is 5.39. The van der Waals surface area contributed by atoms with Crippen molar-refractivity contribution in [2.45, 2.75) is 367 Å². The van der Waals surface area contributed by atoms with E-state index >= 15 is 0 Å². The van der Waals surface area contributed by atoms with Crippen LogP contribution in [-0.2, 0) is 65.4 Å². The number of allylic oxidation sites excluding steroid dienone is 14. The van der Waals surface area contributed by atoms with E-state index in [1.807, 2.05) is 0 Å². The summed E-state index contributed by atoms with van der Waals surface area (Å²) in [5.74, 6) is -2.21. The molecule has 580 valence electrons. The largest absolute Gasteiger partial charge is 0.472 e. The molecular weight excluding hydrogens is 1310 g/mol. The molecule has 0 radical (unpaired) electrons. The van der Waals surface area contributed by atoms with Gasteiger partial charge in [-0.15, -0.1) is 0 Å². The van der Waals surface area contributed by atoms with Crippen molar-refractivity contribution in [3.05, 3.63) is 85.1 Å². The SMILES string of the molecule is CCCCC/C=C\C/C=C\CCCCCCCC(=O)O[C@H](COC(=O)CCCCCCC/C=C\C=C/CCCCCC)COP(=O)(O)OC[C@@H](O)COP(=O)(O)OC[C@@H](COC(=O)CCCCCCC/C=C\CCCCCCCC)OC(=O)CCCCCCC/C=C\C=C/CCCCCC. The first-order valence-electron chi connectivity index (χ1n) is 39.9. The summed E-state index contributed by atoms with van der Waals surface area (Å²) in [5, 5.41) is 10.6. The number of phosphoric ester groups is 2. The highest BCUT2D eigenvalue weighted by Crippen LogP contribution is 2.45. The summed E-state index contributed by atoms with van der Waals surface area (Å²) in [5.41, 5.74) is 0. The topological polar surface area (TPSA) is 237 Å². The lowest BCUT2D eigenvalue weighted by molar-refractivity contribution is -0.161. The highest BCUT2D eigenvalue weighted by molar-refractivity contribution is 7.47. The predicted octanol–water partition coefficient (Wildman–Crippen LogP) is 23.0. The number of rotatable bonds is 75. The van der Waals surface area contributed by atoms with Gasteiger partial charge >= 0.3 is 39.5 Å². The number of hydrogen-bond acceptors (Lipinski definition) is 15. The average molecular weight is 1450 g/mol. The maximum atomic E-state index is 13.1. The van der Waals surface area contributed by atoms with Gasteiger partial charge in [0.1, 0.15) is 19.3 Å². The van der Waals surface area contributed by atoms with Crippen molar-refractivity contribution in [3.63, 3.8) is 0 Å². The van der Waals surface area contributed by atoms with Gasteiger partial charge in [0.25, 0.3) is 0 Å². The van der Waals surface area contributed by atoms with Crippen molar-refractivity contribution in [2.24, 2.45) is 0 Å². The van der Waals surface area contributed by atoms with Gasteiger partial charge in [-0.25, -0.2) is 9.13 Å². The maximum absolute atomic E-state index is 13.1. The second-order valence-corrected chi connectivity index (χ2v) is 29.6. The molecule has 17 nitrogen and oxygen atoms in total. The first-order chi connectivity index (χ1) is 48.7. The third kappa shape index (κ3) is 72.6. The van der Waals surface area contributed by atoms with E-state index in [1.165, 1.54) is 109 Å². The average Bonchev–Trinajstić information content (AvgIpc) is 1.25. The summed E-state index contributed by atoms with van der Waals surface area (Å²) in [6, 6.07) is 0. The molecule has 0 aliphatic rings. The Hall–Kier alpha value is -3.76. The molecule has 0 fully saturated rings. The van der Waals surface area contributed by atoms with Crippen LogP contribution in [0.15, 0.2) is 85.1 Å². The normalized spacial score (nSPS) is 14.3. The molecule has 2 unspecified atom stereocenters. The van der Waals surface area contributed by atoms with E-state index in [4.69, 9.17) is 37.0 Å². The molecule has 3 N–H and O–H groups in total. The summed E-state index contributed by atoms with van der Waals surface area (Å²) < 4.78 is 68.6. The number of hydrogen-bond donors (Lipinski definition) is 3. The van der Waals surface area contributed by atoms with Crippen LogP contribution in [0.4, 0.5) is 0 Å². The molecule has 0 heterocycles. The number of aliphatic hydroxyl groups excluding tert-OH is 1. The smallest absolute Gasteiger partial charge is 0.462 e. The molecule has 0 amide bonds. The minimum absolute atomic E-state index is 0.0763. The van der Waals surface area contributed by atoms with E-state index in [2.05, 4.69) is 113 Å². The zero-order chi connectivity index (χ0) is 73.2. The molecule has 19 heteroatoms. The summed E-state index contributed by atoms with van der Waals surface area (Å²) in [4.78, 5) is 73.0. The standard InChI is InChI=1S/C81H144O17P2/c1-5-9-13-17-21-25-29-33-37-41-45-49-53-57-61-65-78(83)91-71-76(97-80(85)67-63-59-55-51-47-43-39-35-31-27-23-19-15-11-7-3)73-95-99(87,88)93-69-75(82)70-94-100(89,90)96-74-77(98-81(86)68-64-60-56-52-48-44-40-36-32-28-24-20-16-12-8-4)72-92-79(84)66-62-58-54-50-46-42-38-34-30-26-22-18-14-10-6-2/h23,25,27-29,32-40,75-77,82H,5-22,24,26,30-31,41-74H2,1-4H3,(H,87,88)(H,89,90)/b27-23-,29-25-,32-28-,37-33-,38-34-,39-35-,40-36-/t75-,76-,77-/m1/s1. The van der Waals surface area contributed by atoms with Crippen molar-refractivity contribution < 1.29 is 80.2 Å². The van der Waals surface area contributed by atoms with Gasteiger partial charge in [0.15, 0.2) is 12.2 Å². The molecule has 100 heavy (non-hydrogen) atoms. The second kappa shape index (κ2) is 73.5. The third-order valence-corrected chi connectivity index (χ3v) is 18.8. The Morgan fingerprint density at radius 2 is 0.520 bits per heavy atom. The first-order valence-corrected chi connectivity index (χ1v) is 42.9. The van der Waals surface area contributed by atoms with Crippen LogP contribution < -0.4 is 0 Å². The summed E-state index contributed by atoms with van der Waals surface area (Å²) in [6.45, 7) is 4.78. The Labute approximate surface area is 608 Å². The Bertz CT molecular complexity index is 2230. The number of carbonyl (C=O) groups excluding carboxylic acids is 4. The maximum Gasteiger partial charge on any atom is 0.472 e. The molecule has 0 aromatic heterocycles. The summed E-state index contributed by atoms with van der Waals surface area (Å²) >= 11 is 0. The van der Waals surface area contributed by atoms with Crippen molar-refractivity contribution in [1.29, 1.82) is 0 Å². The molecule has 0 rings (SSSR count). The highest BCUT2D eigenvalue weighted by Gasteiger charge is 2.30. The fraction of sp³-hybridized carbons (Fsp3) is 0.778. The van der Waals surface area contributed by atoms with Crippen LogP contribution in [-0.4, -0.2) is 96.7 Å². The zero-order valence-electron chi connectivity index (χ0n) is 63.4. The lowest BCUT2D eigenvalue weighted by atomic mass is 10.1. The van der Waals surface area contributed by atoms with Crippen LogP contribution in [0.25, 0.3) is 0 Å². The quantitative estimate of drug-likeness (QED) is 0.0128. The fourth-order valence-corrected chi connectivity index (χ4v) is 12.3. The summed E-state index contributed by atoms with van der Waals surface area (Å²) in [7, 11) is -9.96. The Morgan fingerprint density at radius 1 is 0.290 bits per heavy atom. The van der Waals surface area contributed by atoms with E-state index in [1.54, 1.807) is 0 Å². The molecule has 0 saturated carbocycles.